The second-order valence-corrected chi connectivity index (χ2v) is 11.4. The van der Waals surface area contributed by atoms with E-state index in [1.54, 1.807) is 6.07 Å². The maximum Gasteiger partial charge on any atom is 0.246 e. The lowest BCUT2D eigenvalue weighted by atomic mass is 9.99. The Morgan fingerprint density at radius 1 is 1.29 bits per heavy atom. The molecule has 3 aromatic rings. The van der Waals surface area contributed by atoms with Crippen molar-refractivity contribution in [1.82, 2.24) is 24.8 Å². The number of piperidine rings is 1. The van der Waals surface area contributed by atoms with Crippen molar-refractivity contribution in [3.63, 3.8) is 0 Å². The fourth-order valence-corrected chi connectivity index (χ4v) is 6.46. The molecule has 0 spiro atoms. The van der Waals surface area contributed by atoms with E-state index in [9.17, 15) is 13.2 Å². The van der Waals surface area contributed by atoms with Crippen LogP contribution in [0.4, 0.5) is 0 Å². The fourth-order valence-electron chi connectivity index (χ4n) is 3.86. The number of ether oxygens (including phenoxy) is 1. The number of methoxy groups -OCH3 is 1. The zero-order valence-electron chi connectivity index (χ0n) is 19.1. The first-order chi connectivity index (χ1) is 16.9. The first-order valence-electron chi connectivity index (χ1n) is 11.1. The molecular formula is C23H26ClN5O4S2. The van der Waals surface area contributed by atoms with E-state index in [4.69, 9.17) is 16.3 Å². The van der Waals surface area contributed by atoms with E-state index in [1.165, 1.54) is 35.3 Å². The molecule has 4 rings (SSSR count). The topological polar surface area (TPSA) is 117 Å². The zero-order chi connectivity index (χ0) is 24.8. The number of aromatic nitrogens is 3. The molecule has 186 valence electrons. The Kier molecular flexibility index (Phi) is 8.32. The number of carbonyl (C=O) groups excluding carboxylic acids is 1. The lowest BCUT2D eigenvalue weighted by Crippen LogP contribution is -2.45. The van der Waals surface area contributed by atoms with Crippen molar-refractivity contribution in [3.05, 3.63) is 53.6 Å². The lowest BCUT2D eigenvalue weighted by molar-refractivity contribution is -0.125. The number of halogens is 1. The van der Waals surface area contributed by atoms with Gasteiger partial charge in [-0.05, 0) is 31.0 Å². The van der Waals surface area contributed by atoms with Gasteiger partial charge in [0.05, 0.1) is 13.0 Å². The summed E-state index contributed by atoms with van der Waals surface area (Å²) < 4.78 is 33.0. The van der Waals surface area contributed by atoms with Gasteiger partial charge in [0.1, 0.15) is 10.6 Å². The molecule has 0 radical (unpaired) electrons. The average molecular weight is 536 g/mol. The Labute approximate surface area is 213 Å². The van der Waals surface area contributed by atoms with Gasteiger partial charge >= 0.3 is 0 Å². The number of sulfonamides is 1. The van der Waals surface area contributed by atoms with Gasteiger partial charge in [-0.1, -0.05) is 53.7 Å². The van der Waals surface area contributed by atoms with Crippen molar-refractivity contribution in [3.8, 4) is 17.1 Å². The third-order valence-corrected chi connectivity index (χ3v) is 8.61. The molecule has 1 saturated heterocycles. The normalized spacial score (nSPS) is 16.7. The lowest BCUT2D eigenvalue weighted by Gasteiger charge is -2.31. The highest BCUT2D eigenvalue weighted by Crippen LogP contribution is 2.32. The molecule has 12 heteroatoms. The molecule has 1 aromatic heterocycles. The summed E-state index contributed by atoms with van der Waals surface area (Å²) >= 11 is 7.46. The molecule has 1 aliphatic heterocycles. The van der Waals surface area contributed by atoms with Crippen LogP contribution in [0.3, 0.4) is 0 Å². The molecule has 1 atom stereocenters. The van der Waals surface area contributed by atoms with Gasteiger partial charge in [0, 0.05) is 36.0 Å². The van der Waals surface area contributed by atoms with Crippen molar-refractivity contribution in [2.75, 3.05) is 32.5 Å². The van der Waals surface area contributed by atoms with Crippen molar-refractivity contribution in [1.29, 1.82) is 0 Å². The number of carbonyl (C=O) groups is 1. The van der Waals surface area contributed by atoms with E-state index in [-0.39, 0.29) is 23.1 Å². The Hall–Kier alpha value is -2.60. The van der Waals surface area contributed by atoms with Crippen LogP contribution in [0, 0.1) is 5.92 Å². The number of H-pyrrole nitrogens is 1. The molecular weight excluding hydrogens is 510 g/mol. The van der Waals surface area contributed by atoms with E-state index in [2.05, 4.69) is 20.5 Å². The fraction of sp³-hybridized carbons (Fsp3) is 0.348. The number of nitrogens with zero attached hydrogens (tertiary/aromatic N) is 3. The smallest absolute Gasteiger partial charge is 0.246 e. The largest absolute Gasteiger partial charge is 0.495 e. The van der Waals surface area contributed by atoms with Crippen LogP contribution in [-0.2, 0) is 14.8 Å². The van der Waals surface area contributed by atoms with Crippen LogP contribution in [0.2, 0.25) is 5.02 Å². The van der Waals surface area contributed by atoms with Crippen molar-refractivity contribution >= 4 is 39.3 Å². The molecule has 1 fully saturated rings. The van der Waals surface area contributed by atoms with Crippen LogP contribution in [0.25, 0.3) is 11.4 Å². The van der Waals surface area contributed by atoms with Gasteiger partial charge in [-0.25, -0.2) is 13.4 Å². The highest BCUT2D eigenvalue weighted by Gasteiger charge is 2.34. The van der Waals surface area contributed by atoms with Crippen molar-refractivity contribution < 1.29 is 17.9 Å². The summed E-state index contributed by atoms with van der Waals surface area (Å²) in [6, 6.07) is 14.2. The molecule has 2 heterocycles. The van der Waals surface area contributed by atoms with E-state index in [1.807, 2.05) is 30.3 Å². The summed E-state index contributed by atoms with van der Waals surface area (Å²) in [5.41, 5.74) is 0.951. The minimum Gasteiger partial charge on any atom is -0.495 e. The Morgan fingerprint density at radius 3 is 2.86 bits per heavy atom. The van der Waals surface area contributed by atoms with Gasteiger partial charge in [0.25, 0.3) is 0 Å². The predicted octanol–water partition coefficient (Wildman–Crippen LogP) is 3.44. The van der Waals surface area contributed by atoms with E-state index < -0.39 is 15.9 Å². The third kappa shape index (κ3) is 6.16. The molecule has 35 heavy (non-hydrogen) atoms. The molecule has 0 aliphatic carbocycles. The monoisotopic (exact) mass is 535 g/mol. The minimum absolute atomic E-state index is 0.00586. The molecule has 0 unspecified atom stereocenters. The second kappa shape index (κ2) is 11.4. The van der Waals surface area contributed by atoms with Crippen LogP contribution in [-0.4, -0.2) is 66.3 Å². The summed E-state index contributed by atoms with van der Waals surface area (Å²) in [5, 5.41) is 10.9. The maximum absolute atomic E-state index is 13.2. The Bertz CT molecular complexity index is 1270. The average Bonchev–Trinajstić information content (AvgIpc) is 3.36. The number of aromatic amines is 1. The number of thioether (sulfide) groups is 1. The molecule has 2 aromatic carbocycles. The van der Waals surface area contributed by atoms with Gasteiger partial charge < -0.3 is 10.1 Å². The van der Waals surface area contributed by atoms with Gasteiger partial charge in [-0.2, -0.15) is 4.31 Å². The molecule has 9 nitrogen and oxygen atoms in total. The van der Waals surface area contributed by atoms with Gasteiger partial charge in [0.15, 0.2) is 5.82 Å². The summed E-state index contributed by atoms with van der Waals surface area (Å²) in [7, 11) is -2.45. The summed E-state index contributed by atoms with van der Waals surface area (Å²) in [6.07, 6.45) is 1.22. The number of hydrogen-bond donors (Lipinski definition) is 2. The first kappa shape index (κ1) is 25.5. The first-order valence-corrected chi connectivity index (χ1v) is 13.9. The van der Waals surface area contributed by atoms with E-state index in [0.29, 0.717) is 47.7 Å². The molecule has 1 amide bonds. The van der Waals surface area contributed by atoms with Crippen molar-refractivity contribution in [2.45, 2.75) is 22.9 Å². The number of rotatable bonds is 9. The number of benzene rings is 2. The summed E-state index contributed by atoms with van der Waals surface area (Å²) in [6.45, 7) is 0.870. The minimum atomic E-state index is -3.86. The Balaban J connectivity index is 1.30. The van der Waals surface area contributed by atoms with Crippen LogP contribution in [0.15, 0.2) is 58.6 Å². The third-order valence-electron chi connectivity index (χ3n) is 5.64. The highest BCUT2D eigenvalue weighted by atomic mass is 35.5. The number of hydrogen-bond acceptors (Lipinski definition) is 7. The Morgan fingerprint density at radius 2 is 2.09 bits per heavy atom. The highest BCUT2D eigenvalue weighted by molar-refractivity contribution is 7.99. The summed E-state index contributed by atoms with van der Waals surface area (Å²) in [5.74, 6) is 0.912. The second-order valence-electron chi connectivity index (χ2n) is 7.97. The van der Waals surface area contributed by atoms with Gasteiger partial charge in [-0.15, -0.1) is 5.10 Å². The molecule has 0 bridgehead atoms. The zero-order valence-corrected chi connectivity index (χ0v) is 21.5. The molecule has 2 N–H and O–H groups in total. The van der Waals surface area contributed by atoms with Crippen LogP contribution in [0.5, 0.6) is 5.75 Å². The SMILES string of the molecule is COc1ccc(Cl)cc1S(=O)(=O)N1CCC[C@H](C(=O)NCCSc2n[nH]c(-c3ccccc3)n2)C1. The number of nitrogens with one attached hydrogen (secondary N) is 2. The molecule has 0 saturated carbocycles. The predicted molar refractivity (Wildman–Crippen MR) is 135 cm³/mol. The number of amides is 1. The molecule has 1 aliphatic rings. The quantitative estimate of drug-likeness (QED) is 0.318. The maximum atomic E-state index is 13.2. The van der Waals surface area contributed by atoms with Crippen LogP contribution >= 0.6 is 23.4 Å². The van der Waals surface area contributed by atoms with Gasteiger partial charge in [-0.3, -0.25) is 9.89 Å². The van der Waals surface area contributed by atoms with E-state index in [0.717, 1.165) is 5.56 Å². The van der Waals surface area contributed by atoms with E-state index >= 15 is 0 Å². The van der Waals surface area contributed by atoms with Crippen LogP contribution < -0.4 is 10.1 Å². The standard InChI is InChI=1S/C23H26ClN5O4S2/c1-33-19-10-9-18(24)14-20(19)35(31,32)29-12-5-8-17(15-29)22(30)25-11-13-34-23-26-21(27-28-23)16-6-3-2-4-7-16/h2-4,6-7,9-10,14,17H,5,8,11-13,15H2,1H3,(H,25,30)(H,26,27,28)/t17-/m0/s1. The van der Waals surface area contributed by atoms with Gasteiger partial charge in [0.2, 0.25) is 21.1 Å². The summed E-state index contributed by atoms with van der Waals surface area (Å²) in [4.78, 5) is 17.2. The van der Waals surface area contributed by atoms with Crippen LogP contribution in [0.1, 0.15) is 12.8 Å². The van der Waals surface area contributed by atoms with Crippen molar-refractivity contribution in [2.24, 2.45) is 5.92 Å².